The summed E-state index contributed by atoms with van der Waals surface area (Å²) < 4.78 is 7.13. The lowest BCUT2D eigenvalue weighted by atomic mass is 10.0. The quantitative estimate of drug-likeness (QED) is 0.861. The minimum atomic E-state index is 0.0971. The Kier molecular flexibility index (Phi) is 4.72. The number of halogens is 1. The summed E-state index contributed by atoms with van der Waals surface area (Å²) in [4.78, 5) is 0. The van der Waals surface area contributed by atoms with Crippen LogP contribution in [0.3, 0.4) is 0 Å². The summed E-state index contributed by atoms with van der Waals surface area (Å²) in [7, 11) is 0. The lowest BCUT2D eigenvalue weighted by Gasteiger charge is -2.19. The Morgan fingerprint density at radius 1 is 1.50 bits per heavy atom. The van der Waals surface area contributed by atoms with Crippen molar-refractivity contribution in [3.63, 3.8) is 0 Å². The van der Waals surface area contributed by atoms with E-state index in [2.05, 4.69) is 41.1 Å². The zero-order valence-electron chi connectivity index (χ0n) is 12.1. The molecule has 1 aliphatic carbocycles. The zero-order chi connectivity index (χ0) is 14.8. The molecule has 20 heavy (non-hydrogen) atoms. The molecule has 1 saturated carbocycles. The maximum absolute atomic E-state index is 8.88. The fourth-order valence-electron chi connectivity index (χ4n) is 2.45. The van der Waals surface area contributed by atoms with Crippen molar-refractivity contribution in [1.82, 2.24) is 0 Å². The van der Waals surface area contributed by atoms with Crippen molar-refractivity contribution < 1.29 is 4.74 Å². The molecule has 1 unspecified atom stereocenters. The lowest BCUT2D eigenvalue weighted by molar-refractivity contribution is 0.233. The van der Waals surface area contributed by atoms with Gasteiger partial charge in [0.05, 0.1) is 12.7 Å². The fraction of sp³-hybridized carbons (Fsp3) is 0.562. The van der Waals surface area contributed by atoms with Gasteiger partial charge in [-0.25, -0.2) is 0 Å². The SMILES string of the molecule is Cc1cc(Br)cc(CC(C)N)c1OCC1(CC#N)CC1. The molecule has 0 saturated heterocycles. The number of nitrogens with two attached hydrogens (primary N) is 1. The first kappa shape index (κ1) is 15.3. The zero-order valence-corrected chi connectivity index (χ0v) is 13.7. The average molecular weight is 337 g/mol. The molecule has 0 aromatic heterocycles. The number of nitrogens with zero attached hydrogens (tertiary/aromatic N) is 1. The standard InChI is InChI=1S/C16H21BrN2O/c1-11-7-14(17)9-13(8-12(2)19)15(11)20-10-16(3-4-16)5-6-18/h7,9,12H,3-5,8,10,19H2,1-2H3. The van der Waals surface area contributed by atoms with Gasteiger partial charge in [0.1, 0.15) is 5.75 Å². The highest BCUT2D eigenvalue weighted by Gasteiger charge is 2.43. The molecule has 3 nitrogen and oxygen atoms in total. The molecule has 1 aromatic carbocycles. The smallest absolute Gasteiger partial charge is 0.125 e. The minimum absolute atomic E-state index is 0.0971. The van der Waals surface area contributed by atoms with Crippen LogP contribution in [0.25, 0.3) is 0 Å². The number of hydrogen-bond acceptors (Lipinski definition) is 3. The molecule has 0 heterocycles. The molecule has 0 spiro atoms. The molecular weight excluding hydrogens is 316 g/mol. The Morgan fingerprint density at radius 3 is 2.75 bits per heavy atom. The Balaban J connectivity index is 2.15. The summed E-state index contributed by atoms with van der Waals surface area (Å²) in [6.07, 6.45) is 3.57. The predicted octanol–water partition coefficient (Wildman–Crippen LogP) is 3.72. The van der Waals surface area contributed by atoms with Crippen molar-refractivity contribution in [2.75, 3.05) is 6.61 Å². The van der Waals surface area contributed by atoms with E-state index >= 15 is 0 Å². The maximum Gasteiger partial charge on any atom is 0.125 e. The van der Waals surface area contributed by atoms with Gasteiger partial charge < -0.3 is 10.5 Å². The van der Waals surface area contributed by atoms with Crippen LogP contribution in [-0.4, -0.2) is 12.6 Å². The summed E-state index contributed by atoms with van der Waals surface area (Å²) in [5.41, 5.74) is 8.27. The van der Waals surface area contributed by atoms with Crippen LogP contribution in [0, 0.1) is 23.7 Å². The second-order valence-electron chi connectivity index (χ2n) is 6.02. The summed E-state index contributed by atoms with van der Waals surface area (Å²) in [6.45, 7) is 4.68. The van der Waals surface area contributed by atoms with Crippen molar-refractivity contribution in [2.24, 2.45) is 11.1 Å². The van der Waals surface area contributed by atoms with E-state index in [1.54, 1.807) is 0 Å². The molecule has 0 bridgehead atoms. The van der Waals surface area contributed by atoms with E-state index in [4.69, 9.17) is 15.7 Å². The first-order chi connectivity index (χ1) is 9.46. The number of benzene rings is 1. The van der Waals surface area contributed by atoms with Crippen LogP contribution >= 0.6 is 15.9 Å². The number of rotatable bonds is 6. The van der Waals surface area contributed by atoms with Gasteiger partial charge in [-0.3, -0.25) is 0 Å². The summed E-state index contributed by atoms with van der Waals surface area (Å²) in [6, 6.07) is 6.51. The Morgan fingerprint density at radius 2 is 2.20 bits per heavy atom. The van der Waals surface area contributed by atoms with E-state index in [-0.39, 0.29) is 11.5 Å². The van der Waals surface area contributed by atoms with E-state index in [1.165, 1.54) is 0 Å². The van der Waals surface area contributed by atoms with Crippen LogP contribution in [0.15, 0.2) is 16.6 Å². The predicted molar refractivity (Wildman–Crippen MR) is 83.6 cm³/mol. The van der Waals surface area contributed by atoms with Crippen molar-refractivity contribution in [3.05, 3.63) is 27.7 Å². The van der Waals surface area contributed by atoms with Crippen molar-refractivity contribution in [1.29, 1.82) is 5.26 Å². The first-order valence-corrected chi connectivity index (χ1v) is 7.79. The van der Waals surface area contributed by atoms with Gasteiger partial charge in [-0.05, 0) is 56.4 Å². The van der Waals surface area contributed by atoms with Gasteiger partial charge in [-0.15, -0.1) is 0 Å². The van der Waals surface area contributed by atoms with Crippen molar-refractivity contribution >= 4 is 15.9 Å². The van der Waals surface area contributed by atoms with Crippen LogP contribution in [0.5, 0.6) is 5.75 Å². The number of hydrogen-bond donors (Lipinski definition) is 1. The molecule has 1 atom stereocenters. The number of nitriles is 1. The normalized spacial score (nSPS) is 17.4. The third-order valence-corrected chi connectivity index (χ3v) is 4.25. The minimum Gasteiger partial charge on any atom is -0.492 e. The van der Waals surface area contributed by atoms with Gasteiger partial charge in [0, 0.05) is 22.4 Å². The highest BCUT2D eigenvalue weighted by Crippen LogP contribution is 2.49. The second kappa shape index (κ2) is 6.15. The largest absolute Gasteiger partial charge is 0.492 e. The molecule has 108 valence electrons. The topological polar surface area (TPSA) is 59.0 Å². The van der Waals surface area contributed by atoms with Crippen LogP contribution in [0.2, 0.25) is 0 Å². The maximum atomic E-state index is 8.88. The number of ether oxygens (including phenoxy) is 1. The molecule has 2 N–H and O–H groups in total. The lowest BCUT2D eigenvalue weighted by Crippen LogP contribution is -2.20. The van der Waals surface area contributed by atoms with E-state index in [9.17, 15) is 0 Å². The third kappa shape index (κ3) is 3.74. The van der Waals surface area contributed by atoms with Crippen LogP contribution in [0.1, 0.15) is 37.3 Å². The molecular formula is C16H21BrN2O. The van der Waals surface area contributed by atoms with Gasteiger partial charge in [0.2, 0.25) is 0 Å². The van der Waals surface area contributed by atoms with Gasteiger partial charge in [0.15, 0.2) is 0 Å². The second-order valence-corrected chi connectivity index (χ2v) is 6.93. The van der Waals surface area contributed by atoms with Gasteiger partial charge in [-0.2, -0.15) is 5.26 Å². The summed E-state index contributed by atoms with van der Waals surface area (Å²) in [5, 5.41) is 8.88. The fourth-order valence-corrected chi connectivity index (χ4v) is 3.07. The highest BCUT2D eigenvalue weighted by atomic mass is 79.9. The molecule has 1 aliphatic rings. The van der Waals surface area contributed by atoms with E-state index in [0.717, 1.165) is 40.6 Å². The highest BCUT2D eigenvalue weighted by molar-refractivity contribution is 9.10. The van der Waals surface area contributed by atoms with Gasteiger partial charge in [-0.1, -0.05) is 15.9 Å². The number of aryl methyl sites for hydroxylation is 1. The Labute approximate surface area is 129 Å². The average Bonchev–Trinajstić information content (AvgIpc) is 3.07. The Bertz CT molecular complexity index is 530. The van der Waals surface area contributed by atoms with Crippen LogP contribution < -0.4 is 10.5 Å². The molecule has 0 radical (unpaired) electrons. The Hall–Kier alpha value is -1.05. The molecule has 2 rings (SSSR count). The molecule has 4 heteroatoms. The van der Waals surface area contributed by atoms with E-state index in [1.807, 2.05) is 6.92 Å². The monoisotopic (exact) mass is 336 g/mol. The summed E-state index contributed by atoms with van der Waals surface area (Å²) in [5.74, 6) is 0.940. The molecule has 0 aliphatic heterocycles. The van der Waals surface area contributed by atoms with Crippen LogP contribution in [0.4, 0.5) is 0 Å². The molecule has 1 aromatic rings. The van der Waals surface area contributed by atoms with Gasteiger partial charge >= 0.3 is 0 Å². The molecule has 1 fully saturated rings. The van der Waals surface area contributed by atoms with E-state index < -0.39 is 0 Å². The summed E-state index contributed by atoms with van der Waals surface area (Å²) >= 11 is 3.53. The van der Waals surface area contributed by atoms with Crippen molar-refractivity contribution in [2.45, 2.75) is 45.6 Å². The third-order valence-electron chi connectivity index (χ3n) is 3.79. The van der Waals surface area contributed by atoms with Crippen molar-refractivity contribution in [3.8, 4) is 11.8 Å². The first-order valence-electron chi connectivity index (χ1n) is 7.00. The van der Waals surface area contributed by atoms with Gasteiger partial charge in [0.25, 0.3) is 0 Å². The molecule has 0 amide bonds. The van der Waals surface area contributed by atoms with Crippen LogP contribution in [-0.2, 0) is 6.42 Å². The van der Waals surface area contributed by atoms with E-state index in [0.29, 0.717) is 13.0 Å².